The van der Waals surface area contributed by atoms with Gasteiger partial charge in [0.05, 0.1) is 11.5 Å². The van der Waals surface area contributed by atoms with Gasteiger partial charge in [-0.3, -0.25) is 9.59 Å². The van der Waals surface area contributed by atoms with Gasteiger partial charge in [-0.1, -0.05) is 25.0 Å². The zero-order valence-corrected chi connectivity index (χ0v) is 22.4. The van der Waals surface area contributed by atoms with Crippen molar-refractivity contribution in [2.75, 3.05) is 0 Å². The molecule has 10 heteroatoms. The SMILES string of the molecule is Cc1cnc2nc(CC3C(=O)CC(CCc4ccc(C(C)(C)C#N)c(F)c4O)(C4CCCC4)OC3=O)nn2c1. The van der Waals surface area contributed by atoms with Crippen LogP contribution >= 0.6 is 0 Å². The third kappa shape index (κ3) is 4.98. The Kier molecular flexibility index (Phi) is 6.87. The number of ketones is 1. The Morgan fingerprint density at radius 1 is 1.28 bits per heavy atom. The fraction of sp³-hybridized carbons (Fsp3) is 0.517. The van der Waals surface area contributed by atoms with E-state index in [-0.39, 0.29) is 42.9 Å². The number of rotatable bonds is 7. The number of fused-ring (bicyclic) bond motifs is 1. The largest absolute Gasteiger partial charge is 0.505 e. The molecule has 0 bridgehead atoms. The topological polar surface area (TPSA) is 130 Å². The molecule has 5 rings (SSSR count). The molecule has 2 unspecified atom stereocenters. The molecule has 1 aromatic carbocycles. The van der Waals surface area contributed by atoms with Crippen LogP contribution in [0.5, 0.6) is 5.75 Å². The minimum atomic E-state index is -1.10. The van der Waals surface area contributed by atoms with Gasteiger partial charge in [0, 0.05) is 30.8 Å². The molecule has 0 amide bonds. The van der Waals surface area contributed by atoms with E-state index >= 15 is 4.39 Å². The molecule has 204 valence electrons. The maximum absolute atomic E-state index is 15.0. The fourth-order valence-electron chi connectivity index (χ4n) is 5.96. The molecule has 2 fully saturated rings. The van der Waals surface area contributed by atoms with Crippen molar-refractivity contribution in [3.05, 3.63) is 52.9 Å². The second-order valence-electron chi connectivity index (χ2n) is 11.4. The summed E-state index contributed by atoms with van der Waals surface area (Å²) in [5.41, 5.74) is -0.743. The molecule has 39 heavy (non-hydrogen) atoms. The zero-order valence-electron chi connectivity index (χ0n) is 22.4. The Bertz CT molecular complexity index is 1470. The summed E-state index contributed by atoms with van der Waals surface area (Å²) in [5.74, 6) is -2.40. The average molecular weight is 534 g/mol. The van der Waals surface area contributed by atoms with E-state index in [1.165, 1.54) is 10.6 Å². The first-order valence-corrected chi connectivity index (χ1v) is 13.4. The smallest absolute Gasteiger partial charge is 0.317 e. The van der Waals surface area contributed by atoms with Gasteiger partial charge >= 0.3 is 5.97 Å². The number of aryl methyl sites for hydroxylation is 2. The minimum Gasteiger partial charge on any atom is -0.505 e. The van der Waals surface area contributed by atoms with Crippen LogP contribution in [0.2, 0.25) is 0 Å². The van der Waals surface area contributed by atoms with Gasteiger partial charge in [-0.25, -0.2) is 13.9 Å². The summed E-state index contributed by atoms with van der Waals surface area (Å²) in [4.78, 5) is 35.3. The summed E-state index contributed by atoms with van der Waals surface area (Å²) >= 11 is 0. The number of cyclic esters (lactones) is 1. The Morgan fingerprint density at radius 3 is 2.72 bits per heavy atom. The molecular formula is C29H32FN5O4. The number of Topliss-reactive ketones (excluding diaryl/α,β-unsaturated/α-hetero) is 1. The number of phenolic OH excluding ortho intramolecular Hbond substituents is 1. The van der Waals surface area contributed by atoms with E-state index in [1.807, 2.05) is 6.92 Å². The van der Waals surface area contributed by atoms with Gasteiger partial charge in [-0.15, -0.1) is 5.10 Å². The Balaban J connectivity index is 1.37. The molecule has 1 aliphatic heterocycles. The highest BCUT2D eigenvalue weighted by Crippen LogP contribution is 2.45. The predicted octanol–water partition coefficient (Wildman–Crippen LogP) is 4.32. The van der Waals surface area contributed by atoms with E-state index in [1.54, 1.807) is 32.3 Å². The number of ether oxygens (including phenoxy) is 1. The summed E-state index contributed by atoms with van der Waals surface area (Å²) in [6, 6.07) is 5.18. The number of carbonyl (C=O) groups is 2. The highest BCUT2D eigenvalue weighted by Gasteiger charge is 2.51. The average Bonchev–Trinajstić information content (AvgIpc) is 3.57. The second-order valence-corrected chi connectivity index (χ2v) is 11.4. The highest BCUT2D eigenvalue weighted by atomic mass is 19.1. The number of aromatic hydroxyl groups is 1. The Morgan fingerprint density at radius 2 is 2.03 bits per heavy atom. The molecule has 3 aromatic rings. The van der Waals surface area contributed by atoms with E-state index in [9.17, 15) is 20.0 Å². The molecule has 1 saturated heterocycles. The van der Waals surface area contributed by atoms with Crippen molar-refractivity contribution >= 4 is 17.5 Å². The summed E-state index contributed by atoms with van der Waals surface area (Å²) in [7, 11) is 0. The first-order valence-electron chi connectivity index (χ1n) is 13.4. The van der Waals surface area contributed by atoms with Crippen LogP contribution in [-0.2, 0) is 32.6 Å². The van der Waals surface area contributed by atoms with Crippen LogP contribution in [0.4, 0.5) is 4.39 Å². The van der Waals surface area contributed by atoms with Gasteiger partial charge < -0.3 is 9.84 Å². The van der Waals surface area contributed by atoms with E-state index in [4.69, 9.17) is 4.74 Å². The number of hydrogen-bond donors (Lipinski definition) is 1. The van der Waals surface area contributed by atoms with E-state index in [0.717, 1.165) is 31.2 Å². The lowest BCUT2D eigenvalue weighted by Crippen LogP contribution is -2.52. The van der Waals surface area contributed by atoms with Crippen LogP contribution in [0.25, 0.3) is 5.78 Å². The van der Waals surface area contributed by atoms with Crippen molar-refractivity contribution in [3.8, 4) is 11.8 Å². The molecule has 0 spiro atoms. The van der Waals surface area contributed by atoms with Gasteiger partial charge in [-0.05, 0) is 63.5 Å². The molecule has 0 radical (unpaired) electrons. The molecule has 9 nitrogen and oxygen atoms in total. The summed E-state index contributed by atoms with van der Waals surface area (Å²) in [5, 5.41) is 24.4. The quantitative estimate of drug-likeness (QED) is 0.351. The summed E-state index contributed by atoms with van der Waals surface area (Å²) in [6.45, 7) is 5.05. The molecule has 2 aromatic heterocycles. The van der Waals surface area contributed by atoms with E-state index < -0.39 is 34.5 Å². The number of esters is 1. The maximum Gasteiger partial charge on any atom is 0.317 e. The van der Waals surface area contributed by atoms with Gasteiger partial charge in [0.2, 0.25) is 0 Å². The van der Waals surface area contributed by atoms with Crippen molar-refractivity contribution in [2.45, 2.75) is 83.2 Å². The van der Waals surface area contributed by atoms with Crippen molar-refractivity contribution in [1.82, 2.24) is 19.6 Å². The van der Waals surface area contributed by atoms with E-state index in [0.29, 0.717) is 17.2 Å². The first kappa shape index (κ1) is 26.7. The Labute approximate surface area is 226 Å². The Hall–Kier alpha value is -3.87. The van der Waals surface area contributed by atoms with Gasteiger partial charge in [-0.2, -0.15) is 10.2 Å². The molecule has 2 atom stereocenters. The number of nitrogens with zero attached hydrogens (tertiary/aromatic N) is 5. The number of phenols is 1. The van der Waals surface area contributed by atoms with Gasteiger partial charge in [0.25, 0.3) is 5.78 Å². The third-order valence-electron chi connectivity index (χ3n) is 8.27. The summed E-state index contributed by atoms with van der Waals surface area (Å²) in [6.07, 6.45) is 7.67. The third-order valence-corrected chi connectivity index (χ3v) is 8.27. The summed E-state index contributed by atoms with van der Waals surface area (Å²) < 4.78 is 22.7. The fourth-order valence-corrected chi connectivity index (χ4v) is 5.96. The van der Waals surface area contributed by atoms with Crippen molar-refractivity contribution in [1.29, 1.82) is 5.26 Å². The molecular weight excluding hydrogens is 501 g/mol. The number of benzene rings is 1. The van der Waals surface area contributed by atoms with Crippen LogP contribution in [0.3, 0.4) is 0 Å². The minimum absolute atomic E-state index is 0.00984. The maximum atomic E-state index is 15.0. The number of carbonyl (C=O) groups excluding carboxylic acids is 2. The van der Waals surface area contributed by atoms with Crippen LogP contribution in [0.15, 0.2) is 24.5 Å². The van der Waals surface area contributed by atoms with Crippen LogP contribution in [-0.4, -0.2) is 42.0 Å². The molecule has 3 heterocycles. The second kappa shape index (κ2) is 10.0. The van der Waals surface area contributed by atoms with Gasteiger partial charge in [0.15, 0.2) is 23.2 Å². The molecule has 1 aliphatic carbocycles. The molecule has 1 saturated carbocycles. The first-order chi connectivity index (χ1) is 18.5. The molecule has 1 N–H and O–H groups in total. The zero-order chi connectivity index (χ0) is 27.9. The monoisotopic (exact) mass is 533 g/mol. The van der Waals surface area contributed by atoms with Gasteiger partial charge in [0.1, 0.15) is 11.5 Å². The van der Waals surface area contributed by atoms with Crippen LogP contribution in [0.1, 0.15) is 74.9 Å². The molecule has 2 aliphatic rings. The number of aromatic nitrogens is 4. The van der Waals surface area contributed by atoms with Crippen molar-refractivity contribution in [3.63, 3.8) is 0 Å². The number of hydrogen-bond acceptors (Lipinski definition) is 8. The lowest BCUT2D eigenvalue weighted by molar-refractivity contribution is -0.185. The predicted molar refractivity (Wildman–Crippen MR) is 138 cm³/mol. The standard InChI is InChI=1S/C29H32FN5O4/c1-17-14-32-27-33-23(34-35(27)15-17)12-20-22(36)13-29(39-26(20)38,19-6-4-5-7-19)11-10-18-8-9-21(24(30)25(18)37)28(2,3)16-31/h8-9,14-15,19-20,37H,4-7,10-13H2,1-3H3. The van der Waals surface area contributed by atoms with Crippen LogP contribution < -0.4 is 0 Å². The number of nitriles is 1. The lowest BCUT2D eigenvalue weighted by atomic mass is 9.73. The lowest BCUT2D eigenvalue weighted by Gasteiger charge is -2.43. The number of halogens is 1. The van der Waals surface area contributed by atoms with Crippen LogP contribution in [0, 0.1) is 35.9 Å². The van der Waals surface area contributed by atoms with Crippen molar-refractivity contribution < 1.29 is 23.8 Å². The normalized spacial score (nSPS) is 22.3. The highest BCUT2D eigenvalue weighted by molar-refractivity contribution is 6.01. The van der Waals surface area contributed by atoms with Crippen molar-refractivity contribution in [2.24, 2.45) is 11.8 Å². The van der Waals surface area contributed by atoms with E-state index in [2.05, 4.69) is 21.1 Å².